The van der Waals surface area contributed by atoms with Crippen molar-refractivity contribution >= 4 is 23.9 Å². The van der Waals surface area contributed by atoms with E-state index in [1.165, 1.54) is 0 Å². The number of hydrogen-bond donors (Lipinski definition) is 2. The van der Waals surface area contributed by atoms with Crippen LogP contribution in [0.4, 0.5) is 4.79 Å². The van der Waals surface area contributed by atoms with Crippen molar-refractivity contribution in [2.75, 3.05) is 32.7 Å². The number of carbonyl (C=O) groups excluding carboxylic acids is 3. The lowest BCUT2D eigenvalue weighted by Crippen LogP contribution is -2.46. The van der Waals surface area contributed by atoms with Crippen LogP contribution in [-0.2, 0) is 25.5 Å². The largest absolute Gasteiger partial charge is 0.481 e. The molecule has 2 heterocycles. The zero-order valence-electron chi connectivity index (χ0n) is 23.0. The SMILES string of the molecule is CC(C)(C)OC(=O)N1CCC(CCC(=O)N2CCC[C@@H](C(=O)NCC(Cc3ccccc3)C(=O)O)C2)CC1. The number of piperidine rings is 2. The molecule has 0 aromatic heterocycles. The topological polar surface area (TPSA) is 116 Å². The van der Waals surface area contributed by atoms with E-state index in [0.29, 0.717) is 51.4 Å². The Morgan fingerprint density at radius 3 is 2.34 bits per heavy atom. The molecule has 9 heteroatoms. The van der Waals surface area contributed by atoms with Gasteiger partial charge in [0.2, 0.25) is 11.8 Å². The van der Waals surface area contributed by atoms with Crippen LogP contribution in [0.1, 0.15) is 64.9 Å². The molecule has 0 saturated carbocycles. The summed E-state index contributed by atoms with van der Waals surface area (Å²) in [4.78, 5) is 53.3. The molecule has 2 atom stereocenters. The first kappa shape index (κ1) is 29.5. The predicted octanol–water partition coefficient (Wildman–Crippen LogP) is 3.71. The summed E-state index contributed by atoms with van der Waals surface area (Å²) in [6.07, 6.45) is 4.43. The van der Waals surface area contributed by atoms with Crippen LogP contribution in [0.15, 0.2) is 30.3 Å². The van der Waals surface area contributed by atoms with Crippen molar-refractivity contribution in [3.05, 3.63) is 35.9 Å². The average Bonchev–Trinajstić information content (AvgIpc) is 2.89. The average molecular weight is 530 g/mol. The zero-order valence-corrected chi connectivity index (χ0v) is 23.0. The second-order valence-electron chi connectivity index (χ2n) is 11.6. The summed E-state index contributed by atoms with van der Waals surface area (Å²) in [6.45, 7) is 7.94. The Hall–Kier alpha value is -3.10. The maximum Gasteiger partial charge on any atom is 0.410 e. The smallest absolute Gasteiger partial charge is 0.410 e. The number of nitrogens with zero attached hydrogens (tertiary/aromatic N) is 2. The molecule has 2 aliphatic heterocycles. The second kappa shape index (κ2) is 13.6. The van der Waals surface area contributed by atoms with Gasteiger partial charge in [0.05, 0.1) is 11.8 Å². The van der Waals surface area contributed by atoms with Crippen LogP contribution in [-0.4, -0.2) is 77.1 Å². The molecule has 3 amide bonds. The lowest BCUT2D eigenvalue weighted by atomic mass is 9.91. The fourth-order valence-electron chi connectivity index (χ4n) is 5.15. The van der Waals surface area contributed by atoms with Gasteiger partial charge in [-0.2, -0.15) is 0 Å². The predicted molar refractivity (Wildman–Crippen MR) is 143 cm³/mol. The number of rotatable bonds is 9. The lowest BCUT2D eigenvalue weighted by Gasteiger charge is -2.34. The second-order valence-corrected chi connectivity index (χ2v) is 11.6. The van der Waals surface area contributed by atoms with Gasteiger partial charge in [-0.3, -0.25) is 14.4 Å². The minimum absolute atomic E-state index is 0.0598. The molecular formula is C29H43N3O6. The summed E-state index contributed by atoms with van der Waals surface area (Å²) in [5.74, 6) is -1.70. The lowest BCUT2D eigenvalue weighted by molar-refractivity contribution is -0.141. The van der Waals surface area contributed by atoms with E-state index in [-0.39, 0.29) is 30.4 Å². The quantitative estimate of drug-likeness (QED) is 0.504. The number of carboxylic acid groups (broad SMARTS) is 1. The van der Waals surface area contributed by atoms with Gasteiger partial charge in [-0.25, -0.2) is 4.79 Å². The van der Waals surface area contributed by atoms with Gasteiger partial charge in [0.1, 0.15) is 5.60 Å². The van der Waals surface area contributed by atoms with E-state index >= 15 is 0 Å². The standard InChI is InChI=1S/C29H43N3O6/c1-29(2,3)38-28(37)31-16-13-21(14-17-31)11-12-25(33)32-15-7-10-23(20-32)26(34)30-19-24(27(35)36)18-22-8-5-4-6-9-22/h4-6,8-9,21,23-24H,7,10-20H2,1-3H3,(H,30,34)(H,35,36)/t23-,24?/m1/s1. The van der Waals surface area contributed by atoms with Gasteiger partial charge in [0.15, 0.2) is 0 Å². The van der Waals surface area contributed by atoms with Crippen molar-refractivity contribution in [1.29, 1.82) is 0 Å². The van der Waals surface area contributed by atoms with Gasteiger partial charge in [-0.05, 0) is 70.8 Å². The third kappa shape index (κ3) is 9.33. The number of nitrogens with one attached hydrogen (secondary N) is 1. The van der Waals surface area contributed by atoms with Gasteiger partial charge >= 0.3 is 12.1 Å². The Kier molecular flexibility index (Phi) is 10.6. The van der Waals surface area contributed by atoms with Crippen LogP contribution < -0.4 is 5.32 Å². The molecule has 3 rings (SSSR count). The van der Waals surface area contributed by atoms with E-state index in [1.807, 2.05) is 51.1 Å². The molecular weight excluding hydrogens is 486 g/mol. The minimum Gasteiger partial charge on any atom is -0.481 e. The summed E-state index contributed by atoms with van der Waals surface area (Å²) in [6, 6.07) is 9.38. The monoisotopic (exact) mass is 529 g/mol. The summed E-state index contributed by atoms with van der Waals surface area (Å²) >= 11 is 0. The van der Waals surface area contributed by atoms with Gasteiger partial charge in [-0.15, -0.1) is 0 Å². The fraction of sp³-hybridized carbons (Fsp3) is 0.655. The maximum absolute atomic E-state index is 12.9. The summed E-state index contributed by atoms with van der Waals surface area (Å²) < 4.78 is 5.45. The van der Waals surface area contributed by atoms with Crippen molar-refractivity contribution in [1.82, 2.24) is 15.1 Å². The third-order valence-electron chi connectivity index (χ3n) is 7.37. The highest BCUT2D eigenvalue weighted by Gasteiger charge is 2.31. The molecule has 2 fully saturated rings. The van der Waals surface area contributed by atoms with Crippen LogP contribution in [0.2, 0.25) is 0 Å². The number of carboxylic acids is 1. The normalized spacial score (nSPS) is 19.5. The maximum atomic E-state index is 12.9. The number of carbonyl (C=O) groups is 4. The Bertz CT molecular complexity index is 953. The highest BCUT2D eigenvalue weighted by molar-refractivity contribution is 5.82. The van der Waals surface area contributed by atoms with E-state index in [9.17, 15) is 24.3 Å². The highest BCUT2D eigenvalue weighted by atomic mass is 16.6. The molecule has 0 spiro atoms. The molecule has 0 aliphatic carbocycles. The van der Waals surface area contributed by atoms with Crippen LogP contribution in [0.3, 0.4) is 0 Å². The molecule has 2 aliphatic rings. The molecule has 9 nitrogen and oxygen atoms in total. The summed E-state index contributed by atoms with van der Waals surface area (Å²) in [7, 11) is 0. The Labute approximate surface area is 225 Å². The zero-order chi connectivity index (χ0) is 27.7. The molecule has 1 unspecified atom stereocenters. The van der Waals surface area contributed by atoms with Crippen molar-refractivity contribution in [2.45, 2.75) is 71.3 Å². The van der Waals surface area contributed by atoms with E-state index in [0.717, 1.165) is 31.2 Å². The van der Waals surface area contributed by atoms with E-state index in [1.54, 1.807) is 9.80 Å². The Morgan fingerprint density at radius 1 is 1.03 bits per heavy atom. The fourth-order valence-corrected chi connectivity index (χ4v) is 5.15. The first-order chi connectivity index (χ1) is 18.0. The molecule has 1 aromatic carbocycles. The molecule has 0 bridgehead atoms. The van der Waals surface area contributed by atoms with Crippen molar-refractivity contribution in [3.63, 3.8) is 0 Å². The van der Waals surface area contributed by atoms with Crippen LogP contribution >= 0.6 is 0 Å². The van der Waals surface area contributed by atoms with Crippen LogP contribution in [0.5, 0.6) is 0 Å². The number of benzene rings is 1. The van der Waals surface area contributed by atoms with Crippen molar-refractivity contribution in [2.24, 2.45) is 17.8 Å². The molecule has 2 saturated heterocycles. The van der Waals surface area contributed by atoms with Gasteiger partial charge < -0.3 is 25.0 Å². The Balaban J connectivity index is 1.39. The number of ether oxygens (including phenoxy) is 1. The number of hydrogen-bond acceptors (Lipinski definition) is 5. The van der Waals surface area contributed by atoms with Crippen molar-refractivity contribution < 1.29 is 29.0 Å². The first-order valence-electron chi connectivity index (χ1n) is 13.8. The van der Waals surface area contributed by atoms with Crippen LogP contribution in [0.25, 0.3) is 0 Å². The van der Waals surface area contributed by atoms with E-state index < -0.39 is 17.5 Å². The third-order valence-corrected chi connectivity index (χ3v) is 7.37. The number of amides is 3. The molecule has 210 valence electrons. The van der Waals surface area contributed by atoms with Gasteiger partial charge in [0.25, 0.3) is 0 Å². The molecule has 2 N–H and O–H groups in total. The highest BCUT2D eigenvalue weighted by Crippen LogP contribution is 2.25. The van der Waals surface area contributed by atoms with Crippen molar-refractivity contribution in [3.8, 4) is 0 Å². The number of likely N-dealkylation sites (tertiary alicyclic amines) is 2. The van der Waals surface area contributed by atoms with Gasteiger partial charge in [0, 0.05) is 39.1 Å². The molecule has 1 aromatic rings. The van der Waals surface area contributed by atoms with E-state index in [4.69, 9.17) is 4.74 Å². The summed E-state index contributed by atoms with van der Waals surface area (Å²) in [5.41, 5.74) is 0.406. The van der Waals surface area contributed by atoms with Gasteiger partial charge in [-0.1, -0.05) is 30.3 Å². The van der Waals surface area contributed by atoms with Crippen LogP contribution in [0, 0.1) is 17.8 Å². The Morgan fingerprint density at radius 2 is 1.71 bits per heavy atom. The number of aliphatic carboxylic acids is 1. The first-order valence-corrected chi connectivity index (χ1v) is 13.8. The van der Waals surface area contributed by atoms with E-state index in [2.05, 4.69) is 5.32 Å². The summed E-state index contributed by atoms with van der Waals surface area (Å²) in [5, 5.41) is 12.4. The molecule has 38 heavy (non-hydrogen) atoms. The minimum atomic E-state index is -0.938. The molecule has 0 radical (unpaired) electrons.